The number of hydrazone groups is 1. The van der Waals surface area contributed by atoms with Gasteiger partial charge >= 0.3 is 0 Å². The first-order chi connectivity index (χ1) is 12.6. The van der Waals surface area contributed by atoms with Crippen LogP contribution in [0.1, 0.15) is 15.9 Å². The molecule has 1 amide bonds. The van der Waals surface area contributed by atoms with Crippen molar-refractivity contribution in [1.29, 1.82) is 0 Å². The summed E-state index contributed by atoms with van der Waals surface area (Å²) in [7, 11) is 3.03. The van der Waals surface area contributed by atoms with E-state index in [1.54, 1.807) is 31.4 Å². The Morgan fingerprint density at radius 1 is 1.19 bits per heavy atom. The summed E-state index contributed by atoms with van der Waals surface area (Å²) in [4.78, 5) is 12.3. The molecule has 0 heterocycles. The molecule has 0 radical (unpaired) electrons. The minimum absolute atomic E-state index is 0.350. The molecule has 2 aromatic carbocycles. The molecule has 0 spiro atoms. The molecule has 0 saturated heterocycles. The van der Waals surface area contributed by atoms with E-state index in [2.05, 4.69) is 33.0 Å². The third-order valence-electron chi connectivity index (χ3n) is 3.35. The maximum Gasteiger partial charge on any atom is 0.275 e. The van der Waals surface area contributed by atoms with Gasteiger partial charge in [0.15, 0.2) is 0 Å². The van der Waals surface area contributed by atoms with Gasteiger partial charge < -0.3 is 14.2 Å². The number of nitrogens with zero attached hydrogens (tertiary/aromatic N) is 1. The number of methoxy groups -OCH3 is 2. The van der Waals surface area contributed by atoms with E-state index in [1.807, 2.05) is 18.2 Å². The number of hydrogen-bond donors (Lipinski definition) is 1. The Balaban J connectivity index is 2.14. The standard InChI is InChI=1S/C19H19BrN2O4/c1-4-9-26-17-8-5-14(20)10-13(17)12-21-22-19(23)16-7-6-15(24-2)11-18(16)25-3/h4-8,10-12H,1,9H2,2-3H3,(H,22,23). The molecule has 7 heteroatoms. The molecule has 1 N–H and O–H groups in total. The molecule has 26 heavy (non-hydrogen) atoms. The lowest BCUT2D eigenvalue weighted by atomic mass is 10.2. The van der Waals surface area contributed by atoms with Crippen molar-refractivity contribution in [3.05, 3.63) is 64.7 Å². The molecule has 0 aromatic heterocycles. The van der Waals surface area contributed by atoms with Crippen molar-refractivity contribution in [2.75, 3.05) is 20.8 Å². The normalized spacial score (nSPS) is 10.4. The number of carbonyl (C=O) groups is 1. The molecule has 2 rings (SSSR count). The van der Waals surface area contributed by atoms with Gasteiger partial charge in [0.2, 0.25) is 0 Å². The van der Waals surface area contributed by atoms with E-state index in [1.165, 1.54) is 13.3 Å². The summed E-state index contributed by atoms with van der Waals surface area (Å²) in [5.41, 5.74) is 3.54. The molecule has 0 atom stereocenters. The number of hydrogen-bond acceptors (Lipinski definition) is 5. The molecule has 0 aliphatic carbocycles. The van der Waals surface area contributed by atoms with Crippen molar-refractivity contribution < 1.29 is 19.0 Å². The van der Waals surface area contributed by atoms with Crippen molar-refractivity contribution in [3.8, 4) is 17.2 Å². The van der Waals surface area contributed by atoms with Crippen molar-refractivity contribution in [2.45, 2.75) is 0 Å². The molecule has 2 aromatic rings. The maximum atomic E-state index is 12.3. The fraction of sp³-hybridized carbons (Fsp3) is 0.158. The lowest BCUT2D eigenvalue weighted by Gasteiger charge is -2.09. The average Bonchev–Trinajstić information content (AvgIpc) is 2.66. The summed E-state index contributed by atoms with van der Waals surface area (Å²) in [5.74, 6) is 1.23. The largest absolute Gasteiger partial charge is 0.497 e. The Morgan fingerprint density at radius 3 is 2.69 bits per heavy atom. The number of rotatable bonds is 8. The van der Waals surface area contributed by atoms with Gasteiger partial charge in [-0.2, -0.15) is 5.10 Å². The topological polar surface area (TPSA) is 69.2 Å². The lowest BCUT2D eigenvalue weighted by molar-refractivity contribution is 0.0952. The van der Waals surface area contributed by atoms with Crippen molar-refractivity contribution in [1.82, 2.24) is 5.43 Å². The third-order valence-corrected chi connectivity index (χ3v) is 3.84. The minimum atomic E-state index is -0.399. The number of carbonyl (C=O) groups excluding carboxylic acids is 1. The Labute approximate surface area is 160 Å². The molecule has 0 fully saturated rings. The Hall–Kier alpha value is -2.80. The zero-order chi connectivity index (χ0) is 18.9. The highest BCUT2D eigenvalue weighted by molar-refractivity contribution is 9.10. The quantitative estimate of drug-likeness (QED) is 0.402. The number of halogens is 1. The molecular weight excluding hydrogens is 400 g/mol. The van der Waals surface area contributed by atoms with E-state index in [4.69, 9.17) is 14.2 Å². The summed E-state index contributed by atoms with van der Waals surface area (Å²) < 4.78 is 16.8. The van der Waals surface area contributed by atoms with Crippen LogP contribution >= 0.6 is 15.9 Å². The van der Waals surface area contributed by atoms with Crippen LogP contribution in [0.4, 0.5) is 0 Å². The lowest BCUT2D eigenvalue weighted by Crippen LogP contribution is -2.18. The maximum absolute atomic E-state index is 12.3. The molecule has 0 bridgehead atoms. The van der Waals surface area contributed by atoms with Crippen LogP contribution in [0.5, 0.6) is 17.2 Å². The first kappa shape index (κ1) is 19.5. The molecule has 6 nitrogen and oxygen atoms in total. The second-order valence-corrected chi connectivity index (χ2v) is 5.96. The fourth-order valence-corrected chi connectivity index (χ4v) is 2.49. The van der Waals surface area contributed by atoms with Crippen molar-refractivity contribution in [3.63, 3.8) is 0 Å². The van der Waals surface area contributed by atoms with Gasteiger partial charge in [-0.25, -0.2) is 5.43 Å². The highest BCUT2D eigenvalue weighted by Crippen LogP contribution is 2.24. The Kier molecular flexibility index (Phi) is 7.23. The van der Waals surface area contributed by atoms with E-state index in [0.29, 0.717) is 35.0 Å². The predicted octanol–water partition coefficient (Wildman–Crippen LogP) is 3.80. The molecule has 0 saturated carbocycles. The first-order valence-electron chi connectivity index (χ1n) is 7.67. The van der Waals surface area contributed by atoms with Crippen LogP contribution in [0.3, 0.4) is 0 Å². The highest BCUT2D eigenvalue weighted by atomic mass is 79.9. The second-order valence-electron chi connectivity index (χ2n) is 5.05. The van der Waals surface area contributed by atoms with E-state index >= 15 is 0 Å². The summed E-state index contributed by atoms with van der Waals surface area (Å²) in [6.07, 6.45) is 3.16. The van der Waals surface area contributed by atoms with E-state index < -0.39 is 5.91 Å². The summed E-state index contributed by atoms with van der Waals surface area (Å²) >= 11 is 3.40. The van der Waals surface area contributed by atoms with Gasteiger partial charge in [-0.1, -0.05) is 28.6 Å². The highest BCUT2D eigenvalue weighted by Gasteiger charge is 2.12. The van der Waals surface area contributed by atoms with Gasteiger partial charge in [-0.15, -0.1) is 0 Å². The third kappa shape index (κ3) is 5.10. The minimum Gasteiger partial charge on any atom is -0.497 e. The van der Waals surface area contributed by atoms with Gasteiger partial charge in [0.1, 0.15) is 23.9 Å². The van der Waals surface area contributed by atoms with Crippen LogP contribution < -0.4 is 19.6 Å². The van der Waals surface area contributed by atoms with Crippen LogP contribution in [0.25, 0.3) is 0 Å². The number of ether oxygens (including phenoxy) is 3. The zero-order valence-electron chi connectivity index (χ0n) is 14.5. The number of benzene rings is 2. The van der Waals surface area contributed by atoms with Crippen molar-refractivity contribution in [2.24, 2.45) is 5.10 Å². The van der Waals surface area contributed by atoms with Crippen LogP contribution in [-0.4, -0.2) is 32.9 Å². The summed E-state index contributed by atoms with van der Waals surface area (Å²) in [6, 6.07) is 10.4. The van der Waals surface area contributed by atoms with Gasteiger partial charge in [0.25, 0.3) is 5.91 Å². The van der Waals surface area contributed by atoms with Crippen LogP contribution in [0, 0.1) is 0 Å². The average molecular weight is 419 g/mol. The summed E-state index contributed by atoms with van der Waals surface area (Å²) in [6.45, 7) is 4.00. The predicted molar refractivity (Wildman–Crippen MR) is 104 cm³/mol. The van der Waals surface area contributed by atoms with Crippen LogP contribution in [0.15, 0.2) is 58.6 Å². The van der Waals surface area contributed by atoms with E-state index in [0.717, 1.165) is 4.47 Å². The van der Waals surface area contributed by atoms with Gasteiger partial charge in [0.05, 0.1) is 26.0 Å². The molecule has 136 valence electrons. The van der Waals surface area contributed by atoms with E-state index in [9.17, 15) is 4.79 Å². The Bertz CT molecular complexity index is 821. The van der Waals surface area contributed by atoms with Gasteiger partial charge in [-0.3, -0.25) is 4.79 Å². The molecule has 0 aliphatic rings. The summed E-state index contributed by atoms with van der Waals surface area (Å²) in [5, 5.41) is 4.01. The number of amides is 1. The van der Waals surface area contributed by atoms with Crippen molar-refractivity contribution >= 4 is 28.1 Å². The second kappa shape index (κ2) is 9.62. The van der Waals surface area contributed by atoms with Crippen LogP contribution in [-0.2, 0) is 0 Å². The van der Waals surface area contributed by atoms with Gasteiger partial charge in [-0.05, 0) is 30.3 Å². The van der Waals surface area contributed by atoms with Gasteiger partial charge in [0, 0.05) is 16.1 Å². The molecular formula is C19H19BrN2O4. The van der Waals surface area contributed by atoms with E-state index in [-0.39, 0.29) is 0 Å². The SMILES string of the molecule is C=CCOc1ccc(Br)cc1C=NNC(=O)c1ccc(OC)cc1OC. The Morgan fingerprint density at radius 2 is 2.00 bits per heavy atom. The molecule has 0 aliphatic heterocycles. The monoisotopic (exact) mass is 418 g/mol. The van der Waals surface area contributed by atoms with Crippen LogP contribution in [0.2, 0.25) is 0 Å². The molecule has 0 unspecified atom stereocenters. The first-order valence-corrected chi connectivity index (χ1v) is 8.47. The number of nitrogens with one attached hydrogen (secondary N) is 1. The smallest absolute Gasteiger partial charge is 0.275 e. The fourth-order valence-electron chi connectivity index (χ4n) is 2.11. The zero-order valence-corrected chi connectivity index (χ0v) is 16.1.